The molecule has 0 radical (unpaired) electrons. The highest BCUT2D eigenvalue weighted by Crippen LogP contribution is 2.12. The average molecular weight is 154 g/mol. The minimum atomic E-state index is 0.0324. The van der Waals surface area contributed by atoms with Crippen LogP contribution in [0.1, 0.15) is 26.7 Å². The van der Waals surface area contributed by atoms with Crippen molar-refractivity contribution in [3.63, 3.8) is 0 Å². The van der Waals surface area contributed by atoms with Crippen molar-refractivity contribution in [1.29, 1.82) is 0 Å². The van der Waals surface area contributed by atoms with Crippen molar-refractivity contribution in [1.82, 2.24) is 5.01 Å². The van der Waals surface area contributed by atoms with Crippen molar-refractivity contribution in [2.24, 2.45) is 5.10 Å². The van der Waals surface area contributed by atoms with Gasteiger partial charge in [0.25, 0.3) is 0 Å². The maximum absolute atomic E-state index is 11.1. The number of likely N-dealkylation sites (N-methyl/N-ethyl adjacent to an activating group) is 1. The molecule has 3 heteroatoms. The first-order chi connectivity index (χ1) is 5.25. The van der Waals surface area contributed by atoms with E-state index in [9.17, 15) is 4.79 Å². The summed E-state index contributed by atoms with van der Waals surface area (Å²) in [5.74, 6) is 0.226. The molecule has 1 aliphatic rings. The van der Waals surface area contributed by atoms with E-state index < -0.39 is 0 Å². The van der Waals surface area contributed by atoms with Crippen LogP contribution in [-0.2, 0) is 4.79 Å². The molecule has 0 N–H and O–H groups in total. The summed E-state index contributed by atoms with van der Waals surface area (Å²) < 4.78 is 0. The van der Waals surface area contributed by atoms with Gasteiger partial charge in [0.05, 0.1) is 0 Å². The Bertz CT molecular complexity index is 177. The van der Waals surface area contributed by atoms with Gasteiger partial charge < -0.3 is 0 Å². The van der Waals surface area contributed by atoms with Crippen LogP contribution in [0.4, 0.5) is 0 Å². The molecule has 0 amide bonds. The van der Waals surface area contributed by atoms with E-state index in [0.717, 1.165) is 19.4 Å². The number of carbonyl (C=O) groups excluding carboxylic acids is 1. The summed E-state index contributed by atoms with van der Waals surface area (Å²) in [6.45, 7) is 4.47. The number of rotatable bonds is 2. The Balaban J connectivity index is 2.63. The van der Waals surface area contributed by atoms with E-state index in [4.69, 9.17) is 0 Å². The third kappa shape index (κ3) is 1.79. The fourth-order valence-electron chi connectivity index (χ4n) is 1.34. The van der Waals surface area contributed by atoms with Crippen LogP contribution in [-0.4, -0.2) is 29.6 Å². The first kappa shape index (κ1) is 8.24. The Morgan fingerprint density at radius 2 is 2.55 bits per heavy atom. The molecule has 0 saturated carbocycles. The lowest BCUT2D eigenvalue weighted by molar-refractivity contribution is -0.122. The zero-order valence-corrected chi connectivity index (χ0v) is 7.08. The van der Waals surface area contributed by atoms with E-state index in [1.807, 2.05) is 18.1 Å². The molecule has 1 atom stereocenters. The molecule has 1 aliphatic heterocycles. The molecule has 1 rings (SSSR count). The highest BCUT2D eigenvalue weighted by molar-refractivity contribution is 5.82. The van der Waals surface area contributed by atoms with E-state index in [-0.39, 0.29) is 11.8 Å². The van der Waals surface area contributed by atoms with Gasteiger partial charge >= 0.3 is 0 Å². The minimum absolute atomic E-state index is 0.0324. The number of hydrogen-bond acceptors (Lipinski definition) is 3. The van der Waals surface area contributed by atoms with Crippen LogP contribution in [0.3, 0.4) is 0 Å². The first-order valence-corrected chi connectivity index (χ1v) is 4.05. The fraction of sp³-hybridized carbons (Fsp3) is 0.750. The summed E-state index contributed by atoms with van der Waals surface area (Å²) in [6.07, 6.45) is 3.73. The van der Waals surface area contributed by atoms with Gasteiger partial charge in [-0.2, -0.15) is 5.10 Å². The molecule has 0 saturated heterocycles. The third-order valence-corrected chi connectivity index (χ3v) is 1.95. The molecule has 1 heterocycles. The van der Waals surface area contributed by atoms with Crippen LogP contribution >= 0.6 is 0 Å². The number of hydrogen-bond donors (Lipinski definition) is 0. The van der Waals surface area contributed by atoms with E-state index in [0.29, 0.717) is 0 Å². The lowest BCUT2D eigenvalue weighted by atomic mass is 10.1. The Morgan fingerprint density at radius 1 is 1.82 bits per heavy atom. The molecule has 11 heavy (non-hydrogen) atoms. The SMILES string of the molecule is CCN1N=CCCC1C(C)=O. The number of Topliss-reactive ketones (excluding diaryl/α,β-unsaturated/α-hetero) is 1. The number of nitrogens with zero attached hydrogens (tertiary/aromatic N) is 2. The number of carbonyl (C=O) groups is 1. The van der Waals surface area contributed by atoms with Gasteiger partial charge in [-0.3, -0.25) is 9.80 Å². The third-order valence-electron chi connectivity index (χ3n) is 1.95. The summed E-state index contributed by atoms with van der Waals surface area (Å²) in [6, 6.07) is 0.0324. The largest absolute Gasteiger partial charge is 0.298 e. The minimum Gasteiger partial charge on any atom is -0.298 e. The zero-order valence-electron chi connectivity index (χ0n) is 7.08. The van der Waals surface area contributed by atoms with E-state index in [2.05, 4.69) is 5.10 Å². The van der Waals surface area contributed by atoms with Crippen molar-refractivity contribution in [3.05, 3.63) is 0 Å². The van der Waals surface area contributed by atoms with Gasteiger partial charge in [-0.1, -0.05) is 0 Å². The predicted octanol–water partition coefficient (Wildman–Crippen LogP) is 1.05. The molecule has 62 valence electrons. The summed E-state index contributed by atoms with van der Waals surface area (Å²) in [5.41, 5.74) is 0. The Morgan fingerprint density at radius 3 is 3.00 bits per heavy atom. The van der Waals surface area contributed by atoms with Crippen molar-refractivity contribution in [2.45, 2.75) is 32.7 Å². The van der Waals surface area contributed by atoms with E-state index in [1.165, 1.54) is 0 Å². The first-order valence-electron chi connectivity index (χ1n) is 4.05. The monoisotopic (exact) mass is 154 g/mol. The van der Waals surface area contributed by atoms with Gasteiger partial charge in [0.1, 0.15) is 6.04 Å². The quantitative estimate of drug-likeness (QED) is 0.595. The van der Waals surface area contributed by atoms with Crippen molar-refractivity contribution in [2.75, 3.05) is 6.54 Å². The van der Waals surface area contributed by atoms with Gasteiger partial charge in [-0.15, -0.1) is 0 Å². The van der Waals surface area contributed by atoms with Gasteiger partial charge in [-0.25, -0.2) is 0 Å². The molecule has 0 fully saturated rings. The van der Waals surface area contributed by atoms with Gasteiger partial charge in [-0.05, 0) is 26.7 Å². The second-order valence-corrected chi connectivity index (χ2v) is 2.76. The summed E-state index contributed by atoms with van der Waals surface area (Å²) in [4.78, 5) is 11.1. The Kier molecular flexibility index (Phi) is 2.63. The predicted molar refractivity (Wildman–Crippen MR) is 44.6 cm³/mol. The summed E-state index contributed by atoms with van der Waals surface area (Å²) >= 11 is 0. The second-order valence-electron chi connectivity index (χ2n) is 2.76. The smallest absolute Gasteiger partial charge is 0.153 e. The van der Waals surface area contributed by atoms with Gasteiger partial charge in [0.15, 0.2) is 5.78 Å². The molecule has 0 aromatic carbocycles. The summed E-state index contributed by atoms with van der Waals surface area (Å²) in [7, 11) is 0. The standard InChI is InChI=1S/C8H14N2O/c1-3-10-8(7(2)11)5-4-6-9-10/h6,8H,3-5H2,1-2H3. The maximum Gasteiger partial charge on any atom is 0.153 e. The second kappa shape index (κ2) is 3.51. The normalized spacial score (nSPS) is 23.8. The van der Waals surface area contributed by atoms with Crippen molar-refractivity contribution >= 4 is 12.0 Å². The van der Waals surface area contributed by atoms with Gasteiger partial charge in [0.2, 0.25) is 0 Å². The number of hydrazone groups is 1. The lowest BCUT2D eigenvalue weighted by Crippen LogP contribution is -2.38. The van der Waals surface area contributed by atoms with E-state index in [1.54, 1.807) is 6.92 Å². The summed E-state index contributed by atoms with van der Waals surface area (Å²) in [5, 5.41) is 5.99. The topological polar surface area (TPSA) is 32.7 Å². The Labute approximate surface area is 67.1 Å². The van der Waals surface area contributed by atoms with E-state index >= 15 is 0 Å². The molecular weight excluding hydrogens is 140 g/mol. The van der Waals surface area contributed by atoms with Crippen LogP contribution in [0.5, 0.6) is 0 Å². The fourth-order valence-corrected chi connectivity index (χ4v) is 1.34. The van der Waals surface area contributed by atoms with Crippen LogP contribution in [0, 0.1) is 0 Å². The van der Waals surface area contributed by atoms with Crippen LogP contribution in [0.15, 0.2) is 5.10 Å². The molecule has 0 aromatic rings. The maximum atomic E-state index is 11.1. The van der Waals surface area contributed by atoms with Crippen molar-refractivity contribution in [3.8, 4) is 0 Å². The highest BCUT2D eigenvalue weighted by atomic mass is 16.1. The van der Waals surface area contributed by atoms with Crippen LogP contribution < -0.4 is 0 Å². The molecule has 0 spiro atoms. The lowest BCUT2D eigenvalue weighted by Gasteiger charge is -2.28. The van der Waals surface area contributed by atoms with Crippen LogP contribution in [0.2, 0.25) is 0 Å². The average Bonchev–Trinajstić information content (AvgIpc) is 2.04. The number of ketones is 1. The van der Waals surface area contributed by atoms with Crippen LogP contribution in [0.25, 0.3) is 0 Å². The van der Waals surface area contributed by atoms with Crippen molar-refractivity contribution < 1.29 is 4.79 Å². The molecule has 1 unspecified atom stereocenters. The molecule has 0 bridgehead atoms. The zero-order chi connectivity index (χ0) is 8.27. The molecular formula is C8H14N2O. The molecule has 3 nitrogen and oxygen atoms in total. The molecule has 0 aliphatic carbocycles. The van der Waals surface area contributed by atoms with Gasteiger partial charge in [0, 0.05) is 12.8 Å². The molecule has 0 aromatic heterocycles. The Hall–Kier alpha value is -0.860. The highest BCUT2D eigenvalue weighted by Gasteiger charge is 2.21.